The average molecular weight is 601 g/mol. The number of nitrogens with one attached hydrogen (secondary N) is 1. The van der Waals surface area contributed by atoms with Crippen LogP contribution in [0.25, 0.3) is 0 Å². The highest BCUT2D eigenvalue weighted by Crippen LogP contribution is 2.35. The maximum atomic E-state index is 13.4. The Morgan fingerprint density at radius 1 is 1.10 bits per heavy atom. The summed E-state index contributed by atoms with van der Waals surface area (Å²) in [5.74, 6) is -1.53. The molecule has 3 rings (SSSR count). The first-order chi connectivity index (χ1) is 18.3. The van der Waals surface area contributed by atoms with Gasteiger partial charge in [-0.2, -0.15) is 0 Å². The van der Waals surface area contributed by atoms with Gasteiger partial charge in [0.2, 0.25) is 5.91 Å². The molecule has 226 valence electrons. The van der Waals surface area contributed by atoms with Gasteiger partial charge in [-0.15, -0.1) is 23.4 Å². The standard InChI is InChI=1S/C24H41ClN2O11S/c1-5-6-10-7-11(27(3)8-10)21(33)26-12(9(2)25)18-19(15(30)17(32)24(38-18)39-4)36-23-16(31)13(28)14(29)20(37-23)22(34)35/h9-20,23-24,28-32H,5-8H2,1-4H3,(H,26,33)(H,34,35)/t9-,10+,11-,12+,13?,14?,15+,16?,17+,18+,19+,20?,23?,24+/m0/s1. The van der Waals surface area contributed by atoms with Crippen molar-refractivity contribution < 1.29 is 54.4 Å². The lowest BCUT2D eigenvalue weighted by atomic mass is 9.92. The second-order valence-electron chi connectivity index (χ2n) is 10.6. The maximum absolute atomic E-state index is 13.4. The molecule has 0 aromatic rings. The zero-order chi connectivity index (χ0) is 29.2. The van der Waals surface area contributed by atoms with E-state index in [-0.39, 0.29) is 5.91 Å². The van der Waals surface area contributed by atoms with E-state index < -0.39 is 84.0 Å². The number of amides is 1. The summed E-state index contributed by atoms with van der Waals surface area (Å²) in [5, 5.41) is 63.9. The molecule has 3 fully saturated rings. The van der Waals surface area contributed by atoms with Crippen LogP contribution in [0.15, 0.2) is 0 Å². The number of rotatable bonds is 10. The smallest absolute Gasteiger partial charge is 0.335 e. The molecule has 3 saturated heterocycles. The number of likely N-dealkylation sites (N-methyl/N-ethyl adjacent to an activating group) is 1. The number of carbonyl (C=O) groups excluding carboxylic acids is 1. The predicted octanol–water partition coefficient (Wildman–Crippen LogP) is -1.69. The molecule has 3 aliphatic heterocycles. The van der Waals surface area contributed by atoms with Crippen molar-refractivity contribution in [2.45, 2.75) is 111 Å². The molecule has 1 amide bonds. The van der Waals surface area contributed by atoms with E-state index >= 15 is 0 Å². The van der Waals surface area contributed by atoms with Gasteiger partial charge in [-0.3, -0.25) is 9.69 Å². The highest BCUT2D eigenvalue weighted by atomic mass is 35.5. The molecule has 5 unspecified atom stereocenters. The molecular weight excluding hydrogens is 560 g/mol. The van der Waals surface area contributed by atoms with E-state index in [9.17, 15) is 40.2 Å². The fraction of sp³-hybridized carbons (Fsp3) is 0.917. The van der Waals surface area contributed by atoms with Gasteiger partial charge in [-0.25, -0.2) is 4.79 Å². The van der Waals surface area contributed by atoms with Gasteiger partial charge >= 0.3 is 5.97 Å². The summed E-state index contributed by atoms with van der Waals surface area (Å²) < 4.78 is 17.0. The molecule has 0 saturated carbocycles. The molecule has 0 aromatic carbocycles. The first kappa shape index (κ1) is 32.7. The van der Waals surface area contributed by atoms with Crippen molar-refractivity contribution in [3.8, 4) is 0 Å². The van der Waals surface area contributed by atoms with Gasteiger partial charge in [0.1, 0.15) is 48.2 Å². The zero-order valence-electron chi connectivity index (χ0n) is 22.4. The number of carboxylic acids is 1. The molecule has 39 heavy (non-hydrogen) atoms. The molecule has 0 aliphatic carbocycles. The van der Waals surface area contributed by atoms with E-state index in [4.69, 9.17) is 25.8 Å². The topological polar surface area (TPSA) is 198 Å². The van der Waals surface area contributed by atoms with Crippen LogP contribution >= 0.6 is 23.4 Å². The lowest BCUT2D eigenvalue weighted by molar-refractivity contribution is -0.332. The van der Waals surface area contributed by atoms with Gasteiger partial charge in [0.05, 0.1) is 17.5 Å². The van der Waals surface area contributed by atoms with Crippen LogP contribution in [0, 0.1) is 5.92 Å². The number of alkyl halides is 1. The Hall–Kier alpha value is -0.780. The minimum absolute atomic E-state index is 0.296. The van der Waals surface area contributed by atoms with Gasteiger partial charge in [0.15, 0.2) is 12.4 Å². The zero-order valence-corrected chi connectivity index (χ0v) is 23.9. The van der Waals surface area contributed by atoms with E-state index in [0.29, 0.717) is 12.3 Å². The van der Waals surface area contributed by atoms with Crippen molar-refractivity contribution in [1.29, 1.82) is 0 Å². The Balaban J connectivity index is 1.86. The quantitative estimate of drug-likeness (QED) is 0.140. The fourth-order valence-electron chi connectivity index (χ4n) is 5.57. The molecule has 3 aliphatic rings. The van der Waals surface area contributed by atoms with Crippen LogP contribution < -0.4 is 5.32 Å². The fourth-order valence-corrected chi connectivity index (χ4v) is 6.46. The minimum Gasteiger partial charge on any atom is -0.479 e. The molecule has 0 aromatic heterocycles. The van der Waals surface area contributed by atoms with Crippen molar-refractivity contribution in [1.82, 2.24) is 10.2 Å². The summed E-state index contributed by atoms with van der Waals surface area (Å²) in [6, 6.07) is -1.36. The van der Waals surface area contributed by atoms with Crippen LogP contribution in [-0.4, -0.2) is 145 Å². The number of aliphatic carboxylic acids is 1. The van der Waals surface area contributed by atoms with Crippen LogP contribution in [0.5, 0.6) is 0 Å². The normalized spacial score (nSPS) is 43.1. The monoisotopic (exact) mass is 600 g/mol. The summed E-state index contributed by atoms with van der Waals surface area (Å²) in [6.07, 6.45) is -11.0. The number of hydrogen-bond donors (Lipinski definition) is 7. The molecule has 14 atom stereocenters. The number of aliphatic hydroxyl groups excluding tert-OH is 5. The first-order valence-corrected chi connectivity index (χ1v) is 14.8. The number of halogens is 1. The van der Waals surface area contributed by atoms with E-state index in [1.54, 1.807) is 13.2 Å². The molecule has 13 nitrogen and oxygen atoms in total. The summed E-state index contributed by atoms with van der Waals surface area (Å²) in [5.41, 5.74) is -0.931. The lowest BCUT2D eigenvalue weighted by Crippen LogP contribution is -2.68. The number of likely N-dealkylation sites (tertiary alicyclic amines) is 1. The molecule has 3 heterocycles. The average Bonchev–Trinajstić information content (AvgIpc) is 3.25. The van der Waals surface area contributed by atoms with Crippen molar-refractivity contribution in [3.63, 3.8) is 0 Å². The number of carbonyl (C=O) groups is 2. The third-order valence-corrected chi connectivity index (χ3v) is 8.84. The van der Waals surface area contributed by atoms with E-state index in [1.807, 2.05) is 11.9 Å². The van der Waals surface area contributed by atoms with Crippen LogP contribution in [0.2, 0.25) is 0 Å². The van der Waals surface area contributed by atoms with Crippen molar-refractivity contribution in [2.75, 3.05) is 19.8 Å². The Kier molecular flexibility index (Phi) is 11.7. The van der Waals surface area contributed by atoms with Crippen LogP contribution in [-0.2, 0) is 23.8 Å². The molecule has 0 bridgehead atoms. The van der Waals surface area contributed by atoms with E-state index in [2.05, 4.69) is 12.2 Å². The summed E-state index contributed by atoms with van der Waals surface area (Å²) in [7, 11) is 1.87. The Labute approximate surface area is 236 Å². The first-order valence-electron chi connectivity index (χ1n) is 13.1. The van der Waals surface area contributed by atoms with E-state index in [1.165, 1.54) is 0 Å². The number of ether oxygens (including phenoxy) is 3. The third-order valence-electron chi connectivity index (χ3n) is 7.71. The van der Waals surface area contributed by atoms with Gasteiger partial charge in [-0.1, -0.05) is 13.3 Å². The number of nitrogens with zero attached hydrogens (tertiary/aromatic N) is 1. The molecule has 0 radical (unpaired) electrons. The Morgan fingerprint density at radius 2 is 1.77 bits per heavy atom. The predicted molar refractivity (Wildman–Crippen MR) is 140 cm³/mol. The Morgan fingerprint density at radius 3 is 2.33 bits per heavy atom. The van der Waals surface area contributed by atoms with Gasteiger partial charge in [-0.05, 0) is 39.0 Å². The maximum Gasteiger partial charge on any atom is 0.335 e. The number of hydrogen-bond acceptors (Lipinski definition) is 12. The van der Waals surface area contributed by atoms with E-state index in [0.717, 1.165) is 31.1 Å². The second-order valence-corrected chi connectivity index (χ2v) is 12.2. The lowest BCUT2D eigenvalue weighted by Gasteiger charge is -2.48. The minimum atomic E-state index is -1.94. The number of thioether (sulfide) groups is 1. The molecular formula is C24H41ClN2O11S. The van der Waals surface area contributed by atoms with Gasteiger partial charge < -0.3 is 50.2 Å². The van der Waals surface area contributed by atoms with Gasteiger partial charge in [0, 0.05) is 6.54 Å². The van der Waals surface area contributed by atoms with Crippen LogP contribution in [0.4, 0.5) is 0 Å². The highest BCUT2D eigenvalue weighted by molar-refractivity contribution is 7.99. The summed E-state index contributed by atoms with van der Waals surface area (Å²) >= 11 is 7.63. The van der Waals surface area contributed by atoms with Crippen molar-refractivity contribution in [2.24, 2.45) is 5.92 Å². The van der Waals surface area contributed by atoms with Crippen LogP contribution in [0.1, 0.15) is 33.1 Å². The van der Waals surface area contributed by atoms with Crippen molar-refractivity contribution >= 4 is 35.2 Å². The summed E-state index contributed by atoms with van der Waals surface area (Å²) in [6.45, 7) is 4.48. The second kappa shape index (κ2) is 13.9. The SMILES string of the molecule is CCC[C@@H]1C[C@@H](C(=O)N[C@@H]([C@H]2O[C@H](SC)[C@H](O)[C@@H](O)[C@H]2OC2OC(C(=O)O)C(O)C(O)C2O)[C@H](C)Cl)N(C)C1. The molecule has 15 heteroatoms. The highest BCUT2D eigenvalue weighted by Gasteiger charge is 2.54. The molecule has 0 spiro atoms. The van der Waals surface area contributed by atoms with Crippen molar-refractivity contribution in [3.05, 3.63) is 0 Å². The largest absolute Gasteiger partial charge is 0.479 e. The third kappa shape index (κ3) is 7.17. The number of carboxylic acid groups (broad SMARTS) is 1. The summed E-state index contributed by atoms with van der Waals surface area (Å²) in [4.78, 5) is 26.9. The Bertz CT molecular complexity index is 844. The van der Waals surface area contributed by atoms with Gasteiger partial charge in [0.25, 0.3) is 0 Å². The molecule has 7 N–H and O–H groups in total. The van der Waals surface area contributed by atoms with Crippen LogP contribution in [0.3, 0.4) is 0 Å². The number of aliphatic hydroxyl groups is 5.